The summed E-state index contributed by atoms with van der Waals surface area (Å²) in [7, 11) is 0. The second-order valence-corrected chi connectivity index (χ2v) is 4.11. The van der Waals surface area contributed by atoms with Gasteiger partial charge >= 0.3 is 5.97 Å². The summed E-state index contributed by atoms with van der Waals surface area (Å²) < 4.78 is 0. The molecule has 0 aliphatic rings. The Balaban J connectivity index is 2.85. The minimum atomic E-state index is -0.855. The molecule has 1 unspecified atom stereocenters. The lowest BCUT2D eigenvalue weighted by molar-refractivity contribution is -0.136. The Morgan fingerprint density at radius 1 is 1.69 bits per heavy atom. The van der Waals surface area contributed by atoms with Gasteiger partial charge in [0.2, 0.25) is 0 Å². The van der Waals surface area contributed by atoms with E-state index >= 15 is 0 Å². The van der Waals surface area contributed by atoms with Crippen LogP contribution in [0.15, 0.2) is 18.2 Å². The highest BCUT2D eigenvalue weighted by Crippen LogP contribution is 2.19. The number of hydrogen-bond donors (Lipinski definition) is 1. The fraction of sp³-hybridized carbons (Fsp3) is 0.333. The highest BCUT2D eigenvalue weighted by molar-refractivity contribution is 9.09. The number of alkyl halides is 1. The topological polar surface area (TPSA) is 50.2 Å². The molecule has 0 radical (unpaired) electrons. The number of pyridine rings is 1. The van der Waals surface area contributed by atoms with Crippen LogP contribution in [0.5, 0.6) is 0 Å². The van der Waals surface area contributed by atoms with Crippen molar-refractivity contribution in [3.63, 3.8) is 0 Å². The van der Waals surface area contributed by atoms with Crippen molar-refractivity contribution in [2.24, 2.45) is 0 Å². The summed E-state index contributed by atoms with van der Waals surface area (Å²) in [5.41, 5.74) is 1.45. The average molecular weight is 244 g/mol. The first-order chi connectivity index (χ1) is 6.09. The molecule has 1 rings (SSSR count). The molecule has 13 heavy (non-hydrogen) atoms. The monoisotopic (exact) mass is 243 g/mol. The Hall–Kier alpha value is -0.900. The molecule has 0 amide bonds. The third kappa shape index (κ3) is 3.14. The number of carboxylic acids is 1. The lowest BCUT2D eigenvalue weighted by Gasteiger charge is -2.03. The summed E-state index contributed by atoms with van der Waals surface area (Å²) in [5, 5.41) is 8.54. The van der Waals surface area contributed by atoms with Crippen molar-refractivity contribution < 1.29 is 9.90 Å². The van der Waals surface area contributed by atoms with Gasteiger partial charge in [0.1, 0.15) is 0 Å². The Bertz CT molecular complexity index is 312. The summed E-state index contributed by atoms with van der Waals surface area (Å²) in [6.45, 7) is 1.95. The normalized spacial score (nSPS) is 12.5. The molecular formula is C9H10BrNO2. The van der Waals surface area contributed by atoms with Gasteiger partial charge in [-0.25, -0.2) is 0 Å². The summed E-state index contributed by atoms with van der Waals surface area (Å²) in [4.78, 5) is 14.7. The summed E-state index contributed by atoms with van der Waals surface area (Å²) in [6.07, 6.45) is -0.0203. The van der Waals surface area contributed by atoms with E-state index in [4.69, 9.17) is 5.11 Å². The lowest BCUT2D eigenvalue weighted by Crippen LogP contribution is -2.03. The Kier molecular flexibility index (Phi) is 3.42. The van der Waals surface area contributed by atoms with E-state index in [1.165, 1.54) is 0 Å². The van der Waals surface area contributed by atoms with E-state index in [9.17, 15) is 4.79 Å². The number of carboxylic acid groups (broad SMARTS) is 1. The summed E-state index contributed by atoms with van der Waals surface area (Å²) in [6, 6.07) is 5.40. The second-order valence-electron chi connectivity index (χ2n) is 2.74. The van der Waals surface area contributed by atoms with Crippen LogP contribution in [0.3, 0.4) is 0 Å². The predicted octanol–water partition coefficient (Wildman–Crippen LogP) is 2.16. The molecule has 0 bridgehead atoms. The van der Waals surface area contributed by atoms with Crippen LogP contribution in [0, 0.1) is 0 Å². The summed E-state index contributed by atoms with van der Waals surface area (Å²) in [5.74, 6) is -0.855. The molecule has 3 nitrogen and oxygen atoms in total. The van der Waals surface area contributed by atoms with Crippen LogP contribution >= 0.6 is 15.9 Å². The number of nitrogens with zero attached hydrogens (tertiary/aromatic N) is 1. The van der Waals surface area contributed by atoms with Crippen molar-refractivity contribution in [2.45, 2.75) is 18.2 Å². The van der Waals surface area contributed by atoms with Gasteiger partial charge in [0.25, 0.3) is 0 Å². The van der Waals surface area contributed by atoms with Gasteiger partial charge in [0, 0.05) is 0 Å². The first-order valence-corrected chi connectivity index (χ1v) is 4.83. The molecule has 0 aromatic carbocycles. The van der Waals surface area contributed by atoms with E-state index in [-0.39, 0.29) is 11.2 Å². The lowest BCUT2D eigenvalue weighted by atomic mass is 10.2. The number of hydrogen-bond acceptors (Lipinski definition) is 2. The van der Waals surface area contributed by atoms with Crippen molar-refractivity contribution in [3.8, 4) is 0 Å². The smallest absolute Gasteiger partial charge is 0.309 e. The second kappa shape index (κ2) is 4.37. The highest BCUT2D eigenvalue weighted by atomic mass is 79.9. The molecule has 70 valence electrons. The number of carbonyl (C=O) groups is 1. The molecule has 4 heteroatoms. The van der Waals surface area contributed by atoms with E-state index in [1.807, 2.05) is 19.1 Å². The Morgan fingerprint density at radius 3 is 2.92 bits per heavy atom. The molecule has 0 spiro atoms. The molecular weight excluding hydrogens is 234 g/mol. The van der Waals surface area contributed by atoms with Gasteiger partial charge in [-0.05, 0) is 19.1 Å². The third-order valence-corrected chi connectivity index (χ3v) is 2.04. The zero-order valence-corrected chi connectivity index (χ0v) is 8.78. The first-order valence-electron chi connectivity index (χ1n) is 3.91. The van der Waals surface area contributed by atoms with Crippen molar-refractivity contribution in [3.05, 3.63) is 29.6 Å². The Labute approximate surface area is 84.9 Å². The van der Waals surface area contributed by atoms with Crippen LogP contribution in [0.25, 0.3) is 0 Å². The highest BCUT2D eigenvalue weighted by Gasteiger charge is 2.05. The fourth-order valence-electron chi connectivity index (χ4n) is 0.973. The molecule has 1 aromatic heterocycles. The van der Waals surface area contributed by atoms with E-state index in [2.05, 4.69) is 20.9 Å². The molecule has 1 aromatic rings. The Morgan fingerprint density at radius 2 is 2.38 bits per heavy atom. The minimum Gasteiger partial charge on any atom is -0.481 e. The molecule has 0 aliphatic heterocycles. The van der Waals surface area contributed by atoms with Crippen molar-refractivity contribution in [2.75, 3.05) is 0 Å². The van der Waals surface area contributed by atoms with Gasteiger partial charge in [-0.3, -0.25) is 9.78 Å². The summed E-state index contributed by atoms with van der Waals surface area (Å²) >= 11 is 3.37. The van der Waals surface area contributed by atoms with Gasteiger partial charge in [-0.2, -0.15) is 0 Å². The van der Waals surface area contributed by atoms with Gasteiger partial charge in [-0.15, -0.1) is 0 Å². The maximum Gasteiger partial charge on any atom is 0.309 e. The maximum atomic E-state index is 10.4. The van der Waals surface area contributed by atoms with Crippen LogP contribution in [0.2, 0.25) is 0 Å². The zero-order chi connectivity index (χ0) is 9.84. The molecule has 0 saturated heterocycles. The van der Waals surface area contributed by atoms with Gasteiger partial charge in [0.15, 0.2) is 0 Å². The van der Waals surface area contributed by atoms with Gasteiger partial charge < -0.3 is 5.11 Å². The van der Waals surface area contributed by atoms with Crippen LogP contribution in [0.1, 0.15) is 23.1 Å². The first kappa shape index (κ1) is 10.2. The van der Waals surface area contributed by atoms with Gasteiger partial charge in [0.05, 0.1) is 22.6 Å². The SMILES string of the molecule is CC(Br)c1cccc(CC(=O)O)n1. The van der Waals surface area contributed by atoms with Crippen LogP contribution in [-0.4, -0.2) is 16.1 Å². The fourth-order valence-corrected chi connectivity index (χ4v) is 1.23. The van der Waals surface area contributed by atoms with Crippen LogP contribution in [-0.2, 0) is 11.2 Å². The van der Waals surface area contributed by atoms with Crippen molar-refractivity contribution >= 4 is 21.9 Å². The number of halogens is 1. The van der Waals surface area contributed by atoms with E-state index < -0.39 is 5.97 Å². The average Bonchev–Trinajstić information content (AvgIpc) is 2.03. The van der Waals surface area contributed by atoms with Gasteiger partial charge in [-0.1, -0.05) is 22.0 Å². The number of aliphatic carboxylic acids is 1. The van der Waals surface area contributed by atoms with Crippen molar-refractivity contribution in [1.82, 2.24) is 4.98 Å². The quantitative estimate of drug-likeness (QED) is 0.829. The molecule has 0 fully saturated rings. The van der Waals surface area contributed by atoms with Crippen LogP contribution < -0.4 is 0 Å². The molecule has 0 saturated carbocycles. The molecule has 1 atom stereocenters. The standard InChI is InChI=1S/C9H10BrNO2/c1-6(10)8-4-2-3-7(11-8)5-9(12)13/h2-4,6H,5H2,1H3,(H,12,13). The predicted molar refractivity (Wildman–Crippen MR) is 52.9 cm³/mol. The molecule has 0 aliphatic carbocycles. The van der Waals surface area contributed by atoms with Crippen LogP contribution in [0.4, 0.5) is 0 Å². The molecule has 1 heterocycles. The number of aromatic nitrogens is 1. The van der Waals surface area contributed by atoms with E-state index in [1.54, 1.807) is 6.07 Å². The zero-order valence-electron chi connectivity index (χ0n) is 7.20. The van der Waals surface area contributed by atoms with Crippen molar-refractivity contribution in [1.29, 1.82) is 0 Å². The van der Waals surface area contributed by atoms with E-state index in [0.29, 0.717) is 5.69 Å². The minimum absolute atomic E-state index is 0.0203. The van der Waals surface area contributed by atoms with E-state index in [0.717, 1.165) is 5.69 Å². The number of rotatable bonds is 3. The third-order valence-electron chi connectivity index (χ3n) is 1.57. The molecule has 1 N–H and O–H groups in total. The maximum absolute atomic E-state index is 10.4. The largest absolute Gasteiger partial charge is 0.481 e.